The van der Waals surface area contributed by atoms with Gasteiger partial charge in [-0.15, -0.1) is 0 Å². The summed E-state index contributed by atoms with van der Waals surface area (Å²) in [7, 11) is 2.21. The van der Waals surface area contributed by atoms with E-state index in [2.05, 4.69) is 70.4 Å². The molecule has 2 saturated heterocycles. The van der Waals surface area contributed by atoms with Gasteiger partial charge in [0, 0.05) is 74.1 Å². The van der Waals surface area contributed by atoms with Crippen LogP contribution in [0.5, 0.6) is 0 Å². The SMILES string of the molecule is CN1CCN(C2CCN(c3ccc(Nc4ncc(Br)c(Nc5cc(F)ccc5C(C)(C)O)n4)cc3)CC2)CC1. The number of hydrogen-bond acceptors (Lipinski definition) is 8. The lowest BCUT2D eigenvalue weighted by atomic mass is 9.96. The number of likely N-dealkylation sites (N-methyl/N-ethyl adjacent to an activating group) is 1. The molecule has 3 heterocycles. The van der Waals surface area contributed by atoms with E-state index in [0.717, 1.165) is 18.8 Å². The van der Waals surface area contributed by atoms with E-state index in [9.17, 15) is 9.50 Å². The van der Waals surface area contributed by atoms with Crippen LogP contribution < -0.4 is 15.5 Å². The van der Waals surface area contributed by atoms with Crippen molar-refractivity contribution in [1.29, 1.82) is 0 Å². The standard InChI is InChI=1S/C29H37BrFN7O/c1-29(2,39)24-9-4-20(31)18-26(24)34-27-25(30)19-32-28(35-27)33-21-5-7-22(8-6-21)37-12-10-23(11-13-37)38-16-14-36(3)15-17-38/h4-9,18-19,23,39H,10-17H2,1-3H3,(H2,32,33,34,35). The number of rotatable bonds is 7. The smallest absolute Gasteiger partial charge is 0.229 e. The van der Waals surface area contributed by atoms with Crippen molar-refractivity contribution in [3.63, 3.8) is 0 Å². The van der Waals surface area contributed by atoms with Gasteiger partial charge in [0.05, 0.1) is 10.1 Å². The van der Waals surface area contributed by atoms with Crippen LogP contribution in [0, 0.1) is 5.82 Å². The Labute approximate surface area is 238 Å². The van der Waals surface area contributed by atoms with Crippen LogP contribution in [0.1, 0.15) is 32.3 Å². The third-order valence-corrected chi connectivity index (χ3v) is 8.23. The molecule has 2 aliphatic rings. The Balaban J connectivity index is 1.22. The van der Waals surface area contributed by atoms with Crippen molar-refractivity contribution >= 4 is 44.8 Å². The molecule has 0 amide bonds. The van der Waals surface area contributed by atoms with Gasteiger partial charge in [-0.3, -0.25) is 4.90 Å². The number of nitrogens with zero attached hydrogens (tertiary/aromatic N) is 5. The molecule has 0 bridgehead atoms. The number of aromatic nitrogens is 2. The zero-order chi connectivity index (χ0) is 27.6. The molecule has 2 fully saturated rings. The van der Waals surface area contributed by atoms with E-state index in [0.29, 0.717) is 33.5 Å². The van der Waals surface area contributed by atoms with Gasteiger partial charge in [-0.05, 0) is 86.1 Å². The van der Waals surface area contributed by atoms with Crippen molar-refractivity contribution < 1.29 is 9.50 Å². The summed E-state index contributed by atoms with van der Waals surface area (Å²) in [5.41, 5.74) is 1.95. The van der Waals surface area contributed by atoms with Crippen LogP contribution in [0.25, 0.3) is 0 Å². The van der Waals surface area contributed by atoms with E-state index in [-0.39, 0.29) is 0 Å². The topological polar surface area (TPSA) is 79.8 Å². The second-order valence-electron chi connectivity index (χ2n) is 11.0. The van der Waals surface area contributed by atoms with Crippen LogP contribution in [0.15, 0.2) is 53.1 Å². The molecule has 39 heavy (non-hydrogen) atoms. The van der Waals surface area contributed by atoms with Gasteiger partial charge in [0.2, 0.25) is 5.95 Å². The first-order chi connectivity index (χ1) is 18.7. The minimum atomic E-state index is -1.15. The summed E-state index contributed by atoms with van der Waals surface area (Å²) < 4.78 is 14.6. The van der Waals surface area contributed by atoms with Crippen molar-refractivity contribution in [2.24, 2.45) is 0 Å². The molecule has 0 unspecified atom stereocenters. The first kappa shape index (κ1) is 27.8. The molecule has 2 aliphatic heterocycles. The van der Waals surface area contributed by atoms with Gasteiger partial charge in [-0.25, -0.2) is 9.37 Å². The zero-order valence-corrected chi connectivity index (χ0v) is 24.4. The molecule has 0 spiro atoms. The Bertz CT molecular complexity index is 1270. The second kappa shape index (κ2) is 11.8. The van der Waals surface area contributed by atoms with Crippen molar-refractivity contribution in [3.8, 4) is 0 Å². The molecule has 8 nitrogen and oxygen atoms in total. The molecule has 208 valence electrons. The minimum absolute atomic E-state index is 0.405. The highest BCUT2D eigenvalue weighted by atomic mass is 79.9. The van der Waals surface area contributed by atoms with Crippen LogP contribution in [0.3, 0.4) is 0 Å². The summed E-state index contributed by atoms with van der Waals surface area (Å²) >= 11 is 3.47. The molecule has 3 N–H and O–H groups in total. The summed E-state index contributed by atoms with van der Waals surface area (Å²) in [5, 5.41) is 16.9. The molecule has 2 aromatic carbocycles. The third kappa shape index (κ3) is 6.87. The highest BCUT2D eigenvalue weighted by Gasteiger charge is 2.27. The third-order valence-electron chi connectivity index (χ3n) is 7.65. The summed E-state index contributed by atoms with van der Waals surface area (Å²) in [5.74, 6) is 0.462. The molecular weight excluding hydrogens is 561 g/mol. The first-order valence-corrected chi connectivity index (χ1v) is 14.3. The molecule has 1 aromatic heterocycles. The Kier molecular flexibility index (Phi) is 8.37. The van der Waals surface area contributed by atoms with Crippen LogP contribution in [0.2, 0.25) is 0 Å². The van der Waals surface area contributed by atoms with Crippen LogP contribution >= 0.6 is 15.9 Å². The van der Waals surface area contributed by atoms with Crippen molar-refractivity contribution in [2.75, 3.05) is 61.8 Å². The van der Waals surface area contributed by atoms with Crippen LogP contribution in [0.4, 0.5) is 33.2 Å². The number of piperazine rings is 1. The van der Waals surface area contributed by atoms with E-state index in [1.165, 1.54) is 56.8 Å². The second-order valence-corrected chi connectivity index (χ2v) is 11.8. The fraction of sp³-hybridized carbons (Fsp3) is 0.448. The highest BCUT2D eigenvalue weighted by Crippen LogP contribution is 2.33. The van der Waals surface area contributed by atoms with Gasteiger partial charge in [0.25, 0.3) is 0 Å². The average Bonchev–Trinajstić information content (AvgIpc) is 2.91. The fourth-order valence-corrected chi connectivity index (χ4v) is 5.65. The van der Waals surface area contributed by atoms with Gasteiger partial charge >= 0.3 is 0 Å². The predicted molar refractivity (Wildman–Crippen MR) is 159 cm³/mol. The summed E-state index contributed by atoms with van der Waals surface area (Å²) in [4.78, 5) is 16.5. The molecule has 0 saturated carbocycles. The average molecular weight is 599 g/mol. The summed E-state index contributed by atoms with van der Waals surface area (Å²) in [6, 6.07) is 13.3. The lowest BCUT2D eigenvalue weighted by molar-refractivity contribution is 0.0793. The largest absolute Gasteiger partial charge is 0.386 e. The quantitative estimate of drug-likeness (QED) is 0.338. The Morgan fingerprint density at radius 3 is 2.33 bits per heavy atom. The molecule has 3 aromatic rings. The highest BCUT2D eigenvalue weighted by molar-refractivity contribution is 9.10. The first-order valence-electron chi connectivity index (χ1n) is 13.5. The summed E-state index contributed by atoms with van der Waals surface area (Å²) in [6.07, 6.45) is 4.04. The zero-order valence-electron chi connectivity index (χ0n) is 22.8. The van der Waals surface area contributed by atoms with Crippen LogP contribution in [-0.2, 0) is 5.60 Å². The lowest BCUT2D eigenvalue weighted by Gasteiger charge is -2.42. The number of aliphatic hydroxyl groups is 1. The number of benzene rings is 2. The van der Waals surface area contributed by atoms with Gasteiger partial charge < -0.3 is 25.5 Å². The van der Waals surface area contributed by atoms with Crippen molar-refractivity contribution in [2.45, 2.75) is 38.3 Å². The maximum absolute atomic E-state index is 14.0. The lowest BCUT2D eigenvalue weighted by Crippen LogP contribution is -2.52. The number of piperidine rings is 1. The van der Waals surface area contributed by atoms with E-state index in [1.54, 1.807) is 26.1 Å². The monoisotopic (exact) mass is 597 g/mol. The van der Waals surface area contributed by atoms with E-state index in [1.807, 2.05) is 12.1 Å². The van der Waals surface area contributed by atoms with Crippen molar-refractivity contribution in [3.05, 3.63) is 64.5 Å². The minimum Gasteiger partial charge on any atom is -0.386 e. The summed E-state index contributed by atoms with van der Waals surface area (Å²) in [6.45, 7) is 10.2. The number of hydrogen-bond donors (Lipinski definition) is 3. The van der Waals surface area contributed by atoms with Gasteiger partial charge in [0.1, 0.15) is 11.6 Å². The van der Waals surface area contributed by atoms with Gasteiger partial charge in [-0.1, -0.05) is 6.07 Å². The number of nitrogens with one attached hydrogen (secondary N) is 2. The van der Waals surface area contributed by atoms with Gasteiger partial charge in [0.15, 0.2) is 0 Å². The van der Waals surface area contributed by atoms with E-state index in [4.69, 9.17) is 0 Å². The predicted octanol–water partition coefficient (Wildman–Crippen LogP) is 5.31. The fourth-order valence-electron chi connectivity index (χ4n) is 5.36. The van der Waals surface area contributed by atoms with E-state index < -0.39 is 11.4 Å². The van der Waals surface area contributed by atoms with Crippen LogP contribution in [-0.4, -0.2) is 77.2 Å². The molecule has 5 rings (SSSR count). The Morgan fingerprint density at radius 2 is 1.67 bits per heavy atom. The molecular formula is C29H37BrFN7O. The van der Waals surface area contributed by atoms with Crippen molar-refractivity contribution in [1.82, 2.24) is 19.8 Å². The molecule has 0 atom stereocenters. The Morgan fingerprint density at radius 1 is 0.974 bits per heavy atom. The molecule has 0 aliphatic carbocycles. The maximum Gasteiger partial charge on any atom is 0.229 e. The number of halogens is 2. The molecule has 0 radical (unpaired) electrons. The Hall–Kier alpha value is -2.79. The maximum atomic E-state index is 14.0. The number of anilines is 5. The molecule has 10 heteroatoms. The van der Waals surface area contributed by atoms with Gasteiger partial charge in [-0.2, -0.15) is 4.98 Å². The normalized spacial score (nSPS) is 17.8. The van der Waals surface area contributed by atoms with E-state index >= 15 is 0 Å².